The Balaban J connectivity index is 1.81. The van der Waals surface area contributed by atoms with E-state index in [1.165, 1.54) is 18.9 Å². The summed E-state index contributed by atoms with van der Waals surface area (Å²) < 4.78 is 14.9. The van der Waals surface area contributed by atoms with E-state index in [0.717, 1.165) is 6.42 Å². The van der Waals surface area contributed by atoms with Crippen molar-refractivity contribution < 1.29 is 19.4 Å². The van der Waals surface area contributed by atoms with Gasteiger partial charge in [0, 0.05) is 24.5 Å². The second-order valence-corrected chi connectivity index (χ2v) is 9.79. The van der Waals surface area contributed by atoms with Crippen molar-refractivity contribution in [1.29, 1.82) is 0 Å². The molecule has 168 valence electrons. The maximum atomic E-state index is 14.9. The lowest BCUT2D eigenvalue weighted by Crippen LogP contribution is -2.46. The highest BCUT2D eigenvalue weighted by atomic mass is 35.5. The summed E-state index contributed by atoms with van der Waals surface area (Å²) in [7, 11) is 0. The highest BCUT2D eigenvalue weighted by molar-refractivity contribution is 6.30. The molecule has 1 unspecified atom stereocenters. The molecule has 3 rings (SSSR count). The Bertz CT molecular complexity index is 759. The molecule has 1 saturated heterocycles. The standard InChI is InChI=1S/C22H33ClFN3O3/c1-22(2,12-6-7-12)10-16-19(25)17(14-4-3-5-15(23)18(14)24)20(27-16)21(30)26-9-8-13(29)11-28/h3-5,12-13,16-17,19-20,27-29H,6-11,25H2,1-2H3,(H,26,30)/t13-,16-,17+,19?,20+/m0/s1. The predicted octanol–water partition coefficient (Wildman–Crippen LogP) is 1.92. The third kappa shape index (κ3) is 5.14. The molecule has 1 aliphatic heterocycles. The van der Waals surface area contributed by atoms with Crippen molar-refractivity contribution in [2.75, 3.05) is 13.2 Å². The minimum Gasteiger partial charge on any atom is -0.394 e. The minimum absolute atomic E-state index is 0.00619. The monoisotopic (exact) mass is 441 g/mol. The molecule has 6 N–H and O–H groups in total. The van der Waals surface area contributed by atoms with Gasteiger partial charge in [0.15, 0.2) is 0 Å². The molecule has 5 atom stereocenters. The zero-order valence-corrected chi connectivity index (χ0v) is 18.3. The molecule has 0 spiro atoms. The van der Waals surface area contributed by atoms with Gasteiger partial charge in [-0.15, -0.1) is 0 Å². The van der Waals surface area contributed by atoms with Crippen molar-refractivity contribution in [1.82, 2.24) is 10.6 Å². The second kappa shape index (κ2) is 9.49. The summed E-state index contributed by atoms with van der Waals surface area (Å²) in [6, 6.07) is 3.49. The number of carbonyl (C=O) groups is 1. The molecule has 1 aromatic carbocycles. The Kier molecular flexibility index (Phi) is 7.40. The first-order chi connectivity index (χ1) is 14.2. The fourth-order valence-electron chi connectivity index (χ4n) is 4.68. The van der Waals surface area contributed by atoms with Crippen LogP contribution in [0.3, 0.4) is 0 Å². The number of hydrogen-bond acceptors (Lipinski definition) is 5. The van der Waals surface area contributed by atoms with Crippen LogP contribution in [0.2, 0.25) is 5.02 Å². The normalized spacial score (nSPS) is 27.8. The lowest BCUT2D eigenvalue weighted by Gasteiger charge is -2.30. The molecule has 6 nitrogen and oxygen atoms in total. The highest BCUT2D eigenvalue weighted by Crippen LogP contribution is 2.49. The van der Waals surface area contributed by atoms with Crippen LogP contribution < -0.4 is 16.4 Å². The minimum atomic E-state index is -0.891. The molecule has 1 heterocycles. The Morgan fingerprint density at radius 3 is 2.77 bits per heavy atom. The number of rotatable bonds is 9. The van der Waals surface area contributed by atoms with Gasteiger partial charge in [0.05, 0.1) is 23.8 Å². The maximum absolute atomic E-state index is 14.9. The molecule has 1 aliphatic carbocycles. The second-order valence-electron chi connectivity index (χ2n) is 9.38. The fourth-order valence-corrected chi connectivity index (χ4v) is 4.86. The van der Waals surface area contributed by atoms with E-state index in [4.69, 9.17) is 22.4 Å². The van der Waals surface area contributed by atoms with E-state index < -0.39 is 29.9 Å². The molecule has 2 fully saturated rings. The van der Waals surface area contributed by atoms with Crippen LogP contribution in [0.4, 0.5) is 4.39 Å². The van der Waals surface area contributed by atoms with E-state index in [2.05, 4.69) is 24.5 Å². The van der Waals surface area contributed by atoms with Gasteiger partial charge in [-0.2, -0.15) is 0 Å². The lowest BCUT2D eigenvalue weighted by molar-refractivity contribution is -0.123. The van der Waals surface area contributed by atoms with Crippen LogP contribution in [0.15, 0.2) is 18.2 Å². The van der Waals surface area contributed by atoms with Crippen molar-refractivity contribution in [2.24, 2.45) is 17.1 Å². The lowest BCUT2D eigenvalue weighted by atomic mass is 9.78. The Hall–Kier alpha value is -1.25. The van der Waals surface area contributed by atoms with E-state index in [1.54, 1.807) is 12.1 Å². The summed E-state index contributed by atoms with van der Waals surface area (Å²) in [6.07, 6.45) is 2.55. The smallest absolute Gasteiger partial charge is 0.237 e. The molecular weight excluding hydrogens is 409 g/mol. The first-order valence-electron chi connectivity index (χ1n) is 10.7. The van der Waals surface area contributed by atoms with Crippen molar-refractivity contribution in [3.05, 3.63) is 34.6 Å². The summed E-state index contributed by atoms with van der Waals surface area (Å²) >= 11 is 6.01. The SMILES string of the molecule is CC(C)(C[C@@H]1N[C@@H](C(=O)NCC[C@H](O)CO)[C@H](c2cccc(Cl)c2F)C1N)C1CC1. The zero-order chi connectivity index (χ0) is 22.1. The quantitative estimate of drug-likeness (QED) is 0.402. The molecule has 0 radical (unpaired) electrons. The summed E-state index contributed by atoms with van der Waals surface area (Å²) in [5.41, 5.74) is 7.03. The summed E-state index contributed by atoms with van der Waals surface area (Å²) in [5, 5.41) is 24.6. The zero-order valence-electron chi connectivity index (χ0n) is 17.6. The third-order valence-corrected chi connectivity index (χ3v) is 6.96. The number of halogens is 2. The average molecular weight is 442 g/mol. The van der Waals surface area contributed by atoms with Gasteiger partial charge in [0.2, 0.25) is 5.91 Å². The van der Waals surface area contributed by atoms with Crippen LogP contribution in [-0.2, 0) is 4.79 Å². The van der Waals surface area contributed by atoms with Crippen LogP contribution in [0.1, 0.15) is 51.0 Å². The van der Waals surface area contributed by atoms with E-state index >= 15 is 0 Å². The van der Waals surface area contributed by atoms with E-state index in [9.17, 15) is 14.3 Å². The van der Waals surface area contributed by atoms with Crippen LogP contribution in [-0.4, -0.2) is 53.5 Å². The Morgan fingerprint density at radius 2 is 2.13 bits per heavy atom. The van der Waals surface area contributed by atoms with Gasteiger partial charge in [0.1, 0.15) is 5.82 Å². The molecule has 30 heavy (non-hydrogen) atoms. The molecule has 1 saturated carbocycles. The first kappa shape index (κ1) is 23.4. The third-order valence-electron chi connectivity index (χ3n) is 6.67. The molecule has 1 aromatic rings. The van der Waals surface area contributed by atoms with Crippen LogP contribution in [0.5, 0.6) is 0 Å². The predicted molar refractivity (Wildman–Crippen MR) is 115 cm³/mol. The van der Waals surface area contributed by atoms with Gasteiger partial charge >= 0.3 is 0 Å². The Morgan fingerprint density at radius 1 is 1.43 bits per heavy atom. The van der Waals surface area contributed by atoms with Gasteiger partial charge in [0.25, 0.3) is 0 Å². The number of hydrogen-bond donors (Lipinski definition) is 5. The molecule has 0 bridgehead atoms. The molecular formula is C22H33ClFN3O3. The summed E-state index contributed by atoms with van der Waals surface area (Å²) in [5.74, 6) is -0.754. The molecule has 0 aromatic heterocycles. The van der Waals surface area contributed by atoms with Gasteiger partial charge in [-0.05, 0) is 48.6 Å². The summed E-state index contributed by atoms with van der Waals surface area (Å²) in [4.78, 5) is 13.0. The van der Waals surface area contributed by atoms with Gasteiger partial charge in [-0.25, -0.2) is 4.39 Å². The van der Waals surface area contributed by atoms with Crippen LogP contribution in [0, 0.1) is 17.2 Å². The number of nitrogens with one attached hydrogen (secondary N) is 2. The number of aliphatic hydroxyl groups excluding tert-OH is 2. The largest absolute Gasteiger partial charge is 0.394 e. The summed E-state index contributed by atoms with van der Waals surface area (Å²) in [6.45, 7) is 4.28. The number of nitrogens with two attached hydrogens (primary N) is 1. The number of aliphatic hydroxyl groups is 2. The number of benzene rings is 1. The van der Waals surface area contributed by atoms with Gasteiger partial charge < -0.3 is 26.6 Å². The van der Waals surface area contributed by atoms with Crippen molar-refractivity contribution in [3.63, 3.8) is 0 Å². The van der Waals surface area contributed by atoms with E-state index in [1.807, 2.05) is 0 Å². The topological polar surface area (TPSA) is 108 Å². The van der Waals surface area contributed by atoms with E-state index in [-0.39, 0.29) is 42.0 Å². The van der Waals surface area contributed by atoms with Crippen LogP contribution >= 0.6 is 11.6 Å². The number of amides is 1. The van der Waals surface area contributed by atoms with Gasteiger partial charge in [-0.3, -0.25) is 4.79 Å². The molecule has 8 heteroatoms. The molecule has 2 aliphatic rings. The maximum Gasteiger partial charge on any atom is 0.237 e. The average Bonchev–Trinajstić information content (AvgIpc) is 3.51. The number of carbonyl (C=O) groups excluding carboxylic acids is 1. The van der Waals surface area contributed by atoms with Gasteiger partial charge in [-0.1, -0.05) is 37.6 Å². The van der Waals surface area contributed by atoms with E-state index in [0.29, 0.717) is 11.5 Å². The Labute approximate surface area is 182 Å². The van der Waals surface area contributed by atoms with Crippen molar-refractivity contribution >= 4 is 17.5 Å². The van der Waals surface area contributed by atoms with Crippen molar-refractivity contribution in [2.45, 2.75) is 69.7 Å². The first-order valence-corrected chi connectivity index (χ1v) is 11.1. The highest BCUT2D eigenvalue weighted by Gasteiger charge is 2.49. The fraction of sp³-hybridized carbons (Fsp3) is 0.682. The van der Waals surface area contributed by atoms with Crippen LogP contribution in [0.25, 0.3) is 0 Å². The van der Waals surface area contributed by atoms with Crippen molar-refractivity contribution in [3.8, 4) is 0 Å². The molecule has 1 amide bonds.